The largest absolute Gasteiger partial charge is 0.316 e. The molecule has 1 nitrogen and oxygen atoms in total. The molecule has 0 bridgehead atoms. The Morgan fingerprint density at radius 3 is 2.47 bits per heavy atom. The quantitative estimate of drug-likeness (QED) is 0.698. The minimum Gasteiger partial charge on any atom is -0.316 e. The topological polar surface area (TPSA) is 12.0 Å². The van der Waals surface area contributed by atoms with Crippen molar-refractivity contribution in [2.45, 2.75) is 46.5 Å². The van der Waals surface area contributed by atoms with Crippen molar-refractivity contribution in [3.05, 3.63) is 34.9 Å². The van der Waals surface area contributed by atoms with E-state index in [0.717, 1.165) is 24.0 Å². The van der Waals surface area contributed by atoms with E-state index in [1.54, 1.807) is 0 Å². The molecule has 1 rings (SSSR count). The Bertz CT molecular complexity index is 362. The highest BCUT2D eigenvalue weighted by Crippen LogP contribution is 2.26. The van der Waals surface area contributed by atoms with Crippen LogP contribution in [0.4, 0.5) is 0 Å². The van der Waals surface area contributed by atoms with Gasteiger partial charge in [0.25, 0.3) is 0 Å². The van der Waals surface area contributed by atoms with Crippen LogP contribution in [0, 0.1) is 11.8 Å². The second-order valence-corrected chi connectivity index (χ2v) is 6.49. The standard InChI is InChI=1S/C17H28ClN/c1-5-14(4)9-16(12-19-11-13(2)3)15-7-6-8-17(18)10-15/h6-8,10,13-14,16,19H,5,9,11-12H2,1-4H3. The van der Waals surface area contributed by atoms with Gasteiger partial charge in [-0.15, -0.1) is 0 Å². The zero-order chi connectivity index (χ0) is 14.3. The molecule has 0 aliphatic carbocycles. The van der Waals surface area contributed by atoms with Gasteiger partial charge in [0.2, 0.25) is 0 Å². The zero-order valence-corrected chi connectivity index (χ0v) is 13.5. The Balaban J connectivity index is 2.68. The van der Waals surface area contributed by atoms with Crippen LogP contribution in [-0.2, 0) is 0 Å². The van der Waals surface area contributed by atoms with Crippen molar-refractivity contribution in [3.8, 4) is 0 Å². The molecule has 1 aromatic rings. The summed E-state index contributed by atoms with van der Waals surface area (Å²) in [4.78, 5) is 0. The highest BCUT2D eigenvalue weighted by molar-refractivity contribution is 6.30. The van der Waals surface area contributed by atoms with E-state index >= 15 is 0 Å². The molecule has 0 heterocycles. The smallest absolute Gasteiger partial charge is 0.0408 e. The van der Waals surface area contributed by atoms with Crippen LogP contribution in [0.15, 0.2) is 24.3 Å². The first-order valence-electron chi connectivity index (χ1n) is 7.49. The Hall–Kier alpha value is -0.530. The highest BCUT2D eigenvalue weighted by atomic mass is 35.5. The molecule has 2 unspecified atom stereocenters. The van der Waals surface area contributed by atoms with E-state index in [0.29, 0.717) is 11.8 Å². The van der Waals surface area contributed by atoms with E-state index in [2.05, 4.69) is 51.2 Å². The summed E-state index contributed by atoms with van der Waals surface area (Å²) >= 11 is 6.12. The molecular formula is C17H28ClN. The van der Waals surface area contributed by atoms with Gasteiger partial charge in [0.15, 0.2) is 0 Å². The molecule has 1 N–H and O–H groups in total. The molecule has 0 aromatic heterocycles. The minimum atomic E-state index is 0.562. The summed E-state index contributed by atoms with van der Waals surface area (Å²) in [5.74, 6) is 2.01. The first kappa shape index (κ1) is 16.5. The molecule has 2 heteroatoms. The fourth-order valence-corrected chi connectivity index (χ4v) is 2.50. The van der Waals surface area contributed by atoms with Crippen molar-refractivity contribution in [1.29, 1.82) is 0 Å². The van der Waals surface area contributed by atoms with E-state index in [1.165, 1.54) is 18.4 Å². The van der Waals surface area contributed by atoms with Crippen LogP contribution in [-0.4, -0.2) is 13.1 Å². The van der Waals surface area contributed by atoms with Crippen LogP contribution in [0.5, 0.6) is 0 Å². The molecule has 1 aromatic carbocycles. The van der Waals surface area contributed by atoms with Crippen molar-refractivity contribution in [2.24, 2.45) is 11.8 Å². The predicted molar refractivity (Wildman–Crippen MR) is 86.0 cm³/mol. The minimum absolute atomic E-state index is 0.562. The van der Waals surface area contributed by atoms with Gasteiger partial charge in [-0.1, -0.05) is 57.8 Å². The normalized spacial score (nSPS) is 14.6. The molecule has 2 atom stereocenters. The summed E-state index contributed by atoms with van der Waals surface area (Å²) in [5, 5.41) is 4.43. The van der Waals surface area contributed by atoms with Gasteiger partial charge in [-0.05, 0) is 48.4 Å². The highest BCUT2D eigenvalue weighted by Gasteiger charge is 2.15. The van der Waals surface area contributed by atoms with Gasteiger partial charge < -0.3 is 5.32 Å². The molecule has 0 radical (unpaired) electrons. The first-order valence-corrected chi connectivity index (χ1v) is 7.86. The molecular weight excluding hydrogens is 254 g/mol. The summed E-state index contributed by atoms with van der Waals surface area (Å²) in [6.45, 7) is 11.2. The van der Waals surface area contributed by atoms with E-state index in [-0.39, 0.29) is 0 Å². The molecule has 0 saturated carbocycles. The zero-order valence-electron chi connectivity index (χ0n) is 12.7. The molecule has 19 heavy (non-hydrogen) atoms. The molecule has 0 aliphatic heterocycles. The van der Waals surface area contributed by atoms with Gasteiger partial charge in [-0.3, -0.25) is 0 Å². The van der Waals surface area contributed by atoms with Crippen LogP contribution in [0.3, 0.4) is 0 Å². The lowest BCUT2D eigenvalue weighted by molar-refractivity contribution is 0.425. The molecule has 108 valence electrons. The first-order chi connectivity index (χ1) is 9.02. The van der Waals surface area contributed by atoms with Crippen molar-refractivity contribution >= 4 is 11.6 Å². The maximum absolute atomic E-state index is 6.12. The van der Waals surface area contributed by atoms with E-state index in [9.17, 15) is 0 Å². The van der Waals surface area contributed by atoms with Crippen LogP contribution < -0.4 is 5.32 Å². The Morgan fingerprint density at radius 2 is 1.89 bits per heavy atom. The van der Waals surface area contributed by atoms with Crippen molar-refractivity contribution in [2.75, 3.05) is 13.1 Å². The molecule has 0 aliphatic rings. The van der Waals surface area contributed by atoms with E-state index < -0.39 is 0 Å². The Morgan fingerprint density at radius 1 is 1.16 bits per heavy atom. The second kappa shape index (κ2) is 8.60. The van der Waals surface area contributed by atoms with Gasteiger partial charge in [0.05, 0.1) is 0 Å². The van der Waals surface area contributed by atoms with Crippen LogP contribution in [0.25, 0.3) is 0 Å². The van der Waals surface area contributed by atoms with Gasteiger partial charge in [0, 0.05) is 11.6 Å². The van der Waals surface area contributed by atoms with E-state index in [4.69, 9.17) is 11.6 Å². The number of hydrogen-bond donors (Lipinski definition) is 1. The molecule has 0 fully saturated rings. The van der Waals surface area contributed by atoms with Crippen molar-refractivity contribution < 1.29 is 0 Å². The SMILES string of the molecule is CCC(C)CC(CNCC(C)C)c1cccc(Cl)c1. The fourth-order valence-electron chi connectivity index (χ4n) is 2.30. The van der Waals surface area contributed by atoms with Gasteiger partial charge >= 0.3 is 0 Å². The third-order valence-corrected chi connectivity index (χ3v) is 3.88. The predicted octanol–water partition coefficient (Wildman–Crippen LogP) is 5.11. The number of rotatable bonds is 8. The summed E-state index contributed by atoms with van der Waals surface area (Å²) in [7, 11) is 0. The Kier molecular flexibility index (Phi) is 7.48. The van der Waals surface area contributed by atoms with Crippen LogP contribution >= 0.6 is 11.6 Å². The van der Waals surface area contributed by atoms with Crippen molar-refractivity contribution in [1.82, 2.24) is 5.32 Å². The van der Waals surface area contributed by atoms with Gasteiger partial charge in [0.1, 0.15) is 0 Å². The van der Waals surface area contributed by atoms with Gasteiger partial charge in [-0.25, -0.2) is 0 Å². The van der Waals surface area contributed by atoms with E-state index in [1.807, 2.05) is 6.07 Å². The molecule has 0 amide bonds. The third kappa shape index (κ3) is 6.44. The summed E-state index contributed by atoms with van der Waals surface area (Å²) < 4.78 is 0. The van der Waals surface area contributed by atoms with Gasteiger partial charge in [-0.2, -0.15) is 0 Å². The number of halogens is 1. The summed E-state index contributed by atoms with van der Waals surface area (Å²) in [6, 6.07) is 8.33. The lowest BCUT2D eigenvalue weighted by atomic mass is 9.88. The summed E-state index contributed by atoms with van der Waals surface area (Å²) in [6.07, 6.45) is 2.46. The number of hydrogen-bond acceptors (Lipinski definition) is 1. The fraction of sp³-hybridized carbons (Fsp3) is 0.647. The maximum atomic E-state index is 6.12. The lowest BCUT2D eigenvalue weighted by Crippen LogP contribution is -2.26. The monoisotopic (exact) mass is 281 g/mol. The second-order valence-electron chi connectivity index (χ2n) is 6.05. The average Bonchev–Trinajstić information content (AvgIpc) is 2.37. The lowest BCUT2D eigenvalue weighted by Gasteiger charge is -2.22. The average molecular weight is 282 g/mol. The van der Waals surface area contributed by atoms with Crippen LogP contribution in [0.1, 0.15) is 52.0 Å². The Labute approximate surface area is 123 Å². The summed E-state index contributed by atoms with van der Waals surface area (Å²) in [5.41, 5.74) is 1.36. The molecule has 0 saturated heterocycles. The molecule has 0 spiro atoms. The number of nitrogens with one attached hydrogen (secondary N) is 1. The van der Waals surface area contributed by atoms with Crippen LogP contribution in [0.2, 0.25) is 5.02 Å². The van der Waals surface area contributed by atoms with Crippen molar-refractivity contribution in [3.63, 3.8) is 0 Å². The third-order valence-electron chi connectivity index (χ3n) is 3.65. The number of benzene rings is 1. The maximum Gasteiger partial charge on any atom is 0.0408 e.